The van der Waals surface area contributed by atoms with Crippen LogP contribution in [0.3, 0.4) is 0 Å². The van der Waals surface area contributed by atoms with E-state index in [9.17, 15) is 0 Å². The van der Waals surface area contributed by atoms with Gasteiger partial charge in [-0.05, 0) is 36.4 Å². The molecule has 5 nitrogen and oxygen atoms in total. The van der Waals surface area contributed by atoms with Crippen molar-refractivity contribution in [1.82, 2.24) is 15.0 Å². The molecule has 0 spiro atoms. The molecule has 0 unspecified atom stereocenters. The monoisotopic (exact) mass is 305 g/mol. The van der Waals surface area contributed by atoms with Crippen LogP contribution in [0.15, 0.2) is 60.9 Å². The Labute approximate surface area is 134 Å². The van der Waals surface area contributed by atoms with Crippen LogP contribution in [0.2, 0.25) is 0 Å². The maximum absolute atomic E-state index is 5.54. The van der Waals surface area contributed by atoms with E-state index in [0.29, 0.717) is 13.2 Å². The van der Waals surface area contributed by atoms with Gasteiger partial charge in [-0.25, -0.2) is 4.98 Å². The van der Waals surface area contributed by atoms with Gasteiger partial charge in [0.2, 0.25) is 0 Å². The van der Waals surface area contributed by atoms with Crippen LogP contribution < -0.4 is 0 Å². The van der Waals surface area contributed by atoms with Crippen molar-refractivity contribution < 1.29 is 9.47 Å². The highest BCUT2D eigenvalue weighted by Crippen LogP contribution is 2.26. The lowest BCUT2D eigenvalue weighted by Crippen LogP contribution is -1.99. The molecule has 0 radical (unpaired) electrons. The first kappa shape index (κ1) is 14.0. The number of aromatic nitrogens is 3. The molecular formula is C18H15N3O2. The van der Waals surface area contributed by atoms with Gasteiger partial charge in [-0.2, -0.15) is 0 Å². The number of hydrogen-bond donors (Lipinski definition) is 0. The maximum Gasteiger partial charge on any atom is 0.184 e. The molecule has 0 atom stereocenters. The molecule has 1 aliphatic rings. The molecule has 4 heterocycles. The third-order valence-corrected chi connectivity index (χ3v) is 3.62. The lowest BCUT2D eigenvalue weighted by atomic mass is 10.1. The maximum atomic E-state index is 5.54. The molecular weight excluding hydrogens is 290 g/mol. The van der Waals surface area contributed by atoms with Crippen LogP contribution in [0, 0.1) is 0 Å². The third-order valence-electron chi connectivity index (χ3n) is 3.62. The van der Waals surface area contributed by atoms with Crippen LogP contribution in [0.5, 0.6) is 0 Å². The van der Waals surface area contributed by atoms with Gasteiger partial charge in [0.05, 0.1) is 36.0 Å². The molecule has 0 amide bonds. The van der Waals surface area contributed by atoms with E-state index in [1.807, 2.05) is 48.5 Å². The zero-order chi connectivity index (χ0) is 15.5. The molecule has 4 rings (SSSR count). The summed E-state index contributed by atoms with van der Waals surface area (Å²) in [6, 6.07) is 15.5. The Kier molecular flexibility index (Phi) is 3.80. The minimum absolute atomic E-state index is 0.310. The van der Waals surface area contributed by atoms with Crippen molar-refractivity contribution in [3.8, 4) is 22.8 Å². The van der Waals surface area contributed by atoms with E-state index in [-0.39, 0.29) is 6.29 Å². The zero-order valence-corrected chi connectivity index (χ0v) is 12.4. The summed E-state index contributed by atoms with van der Waals surface area (Å²) >= 11 is 0. The summed E-state index contributed by atoms with van der Waals surface area (Å²) < 4.78 is 11.1. The molecule has 1 aliphatic heterocycles. The van der Waals surface area contributed by atoms with Crippen LogP contribution in [-0.2, 0) is 9.47 Å². The highest BCUT2D eigenvalue weighted by Gasteiger charge is 2.19. The van der Waals surface area contributed by atoms with Gasteiger partial charge in [-0.3, -0.25) is 9.97 Å². The fourth-order valence-electron chi connectivity index (χ4n) is 2.52. The average molecular weight is 305 g/mol. The Balaban J connectivity index is 1.69. The minimum Gasteiger partial charge on any atom is -0.346 e. The first-order chi connectivity index (χ1) is 11.4. The van der Waals surface area contributed by atoms with Crippen molar-refractivity contribution in [3.05, 3.63) is 66.5 Å². The summed E-state index contributed by atoms with van der Waals surface area (Å²) in [6.07, 6.45) is 3.21. The van der Waals surface area contributed by atoms with E-state index in [1.165, 1.54) is 0 Å². The van der Waals surface area contributed by atoms with Gasteiger partial charge in [0.1, 0.15) is 0 Å². The van der Waals surface area contributed by atoms with Gasteiger partial charge in [-0.1, -0.05) is 12.1 Å². The first-order valence-electron chi connectivity index (χ1n) is 7.48. The zero-order valence-electron chi connectivity index (χ0n) is 12.4. The number of hydrogen-bond acceptors (Lipinski definition) is 5. The summed E-state index contributed by atoms with van der Waals surface area (Å²) in [4.78, 5) is 13.4. The van der Waals surface area contributed by atoms with Gasteiger partial charge in [0.25, 0.3) is 0 Å². The molecule has 0 aliphatic carbocycles. The van der Waals surface area contributed by atoms with Crippen molar-refractivity contribution in [2.75, 3.05) is 13.2 Å². The molecule has 0 N–H and O–H groups in total. The van der Waals surface area contributed by atoms with E-state index in [1.54, 1.807) is 12.4 Å². The van der Waals surface area contributed by atoms with Crippen LogP contribution in [0.1, 0.15) is 11.9 Å². The Morgan fingerprint density at radius 3 is 2.26 bits per heavy atom. The third kappa shape index (κ3) is 2.97. The van der Waals surface area contributed by atoms with Crippen molar-refractivity contribution in [2.45, 2.75) is 6.29 Å². The Morgan fingerprint density at radius 2 is 1.48 bits per heavy atom. The summed E-state index contributed by atoms with van der Waals surface area (Å²) in [7, 11) is 0. The van der Waals surface area contributed by atoms with Crippen molar-refractivity contribution >= 4 is 0 Å². The normalized spacial score (nSPS) is 15.0. The smallest absolute Gasteiger partial charge is 0.184 e. The topological polar surface area (TPSA) is 57.1 Å². The second-order valence-corrected chi connectivity index (χ2v) is 5.17. The van der Waals surface area contributed by atoms with Crippen molar-refractivity contribution in [1.29, 1.82) is 0 Å². The van der Waals surface area contributed by atoms with Gasteiger partial charge in [0.15, 0.2) is 6.29 Å². The van der Waals surface area contributed by atoms with Crippen LogP contribution in [-0.4, -0.2) is 28.2 Å². The quantitative estimate of drug-likeness (QED) is 0.743. The van der Waals surface area contributed by atoms with E-state index >= 15 is 0 Å². The fourth-order valence-corrected chi connectivity index (χ4v) is 2.52. The second-order valence-electron chi connectivity index (χ2n) is 5.17. The Bertz CT molecular complexity index is 802. The Morgan fingerprint density at radius 1 is 0.739 bits per heavy atom. The first-order valence-corrected chi connectivity index (χ1v) is 7.48. The molecule has 1 fully saturated rings. The fraction of sp³-hybridized carbons (Fsp3) is 0.167. The molecule has 0 bridgehead atoms. The number of ether oxygens (including phenoxy) is 2. The minimum atomic E-state index is -0.310. The molecule has 3 aromatic heterocycles. The van der Waals surface area contributed by atoms with Gasteiger partial charge < -0.3 is 9.47 Å². The Hall–Kier alpha value is -2.63. The predicted octanol–water partition coefficient (Wildman–Crippen LogP) is 3.25. The predicted molar refractivity (Wildman–Crippen MR) is 85.3 cm³/mol. The lowest BCUT2D eigenvalue weighted by Gasteiger charge is -2.10. The second kappa shape index (κ2) is 6.24. The van der Waals surface area contributed by atoms with Gasteiger partial charge in [-0.15, -0.1) is 0 Å². The van der Waals surface area contributed by atoms with Crippen molar-refractivity contribution in [3.63, 3.8) is 0 Å². The summed E-state index contributed by atoms with van der Waals surface area (Å²) in [5.41, 5.74) is 4.21. The molecule has 23 heavy (non-hydrogen) atoms. The van der Waals surface area contributed by atoms with Crippen LogP contribution >= 0.6 is 0 Å². The van der Waals surface area contributed by atoms with Gasteiger partial charge in [0, 0.05) is 18.0 Å². The van der Waals surface area contributed by atoms with E-state index in [4.69, 9.17) is 9.47 Å². The van der Waals surface area contributed by atoms with E-state index in [0.717, 1.165) is 28.3 Å². The largest absolute Gasteiger partial charge is 0.346 e. The van der Waals surface area contributed by atoms with Crippen LogP contribution in [0.4, 0.5) is 0 Å². The number of nitrogens with zero attached hydrogens (tertiary/aromatic N) is 3. The molecule has 0 aromatic carbocycles. The highest BCUT2D eigenvalue weighted by atomic mass is 16.7. The molecule has 0 saturated carbocycles. The number of rotatable bonds is 3. The lowest BCUT2D eigenvalue weighted by molar-refractivity contribution is -0.0441. The average Bonchev–Trinajstić information content (AvgIpc) is 3.18. The van der Waals surface area contributed by atoms with E-state index < -0.39 is 0 Å². The van der Waals surface area contributed by atoms with Crippen molar-refractivity contribution in [2.24, 2.45) is 0 Å². The molecule has 114 valence electrons. The molecule has 5 heteroatoms. The SMILES string of the molecule is c1ccc(-c2cccc(-c3cc(C4OCCO4)ccn3)n2)nc1. The summed E-state index contributed by atoms with van der Waals surface area (Å²) in [6.45, 7) is 1.24. The summed E-state index contributed by atoms with van der Waals surface area (Å²) in [5, 5.41) is 0. The highest BCUT2D eigenvalue weighted by molar-refractivity contribution is 5.61. The molecule has 1 saturated heterocycles. The molecule has 3 aromatic rings. The van der Waals surface area contributed by atoms with Crippen LogP contribution in [0.25, 0.3) is 22.8 Å². The summed E-state index contributed by atoms with van der Waals surface area (Å²) in [5.74, 6) is 0. The van der Waals surface area contributed by atoms with Gasteiger partial charge >= 0.3 is 0 Å². The standard InChI is InChI=1S/C18H15N3O2/c1-2-8-19-14(4-1)15-5-3-6-16(21-15)17-12-13(7-9-20-17)18-22-10-11-23-18/h1-9,12,18H,10-11H2. The number of pyridine rings is 3. The van der Waals surface area contributed by atoms with E-state index in [2.05, 4.69) is 15.0 Å².